The standard InChI is InChI=1S/C19H23BrClNO/c1-19(2)11-13-8-16(21)15(20)9-14(13)17(22-19)10-18(23)12-6-4-3-5-7-12/h8-10,12,22H,3-7,11H2,1-2H3/b17-10-. The molecule has 0 amide bonds. The Morgan fingerprint density at radius 3 is 2.70 bits per heavy atom. The first kappa shape index (κ1) is 17.0. The van der Waals surface area contributed by atoms with Gasteiger partial charge in [-0.1, -0.05) is 30.9 Å². The quantitative estimate of drug-likeness (QED) is 0.667. The van der Waals surface area contributed by atoms with E-state index < -0.39 is 0 Å². The van der Waals surface area contributed by atoms with E-state index in [4.69, 9.17) is 11.6 Å². The second-order valence-corrected chi connectivity index (χ2v) is 8.67. The smallest absolute Gasteiger partial charge is 0.160 e. The highest BCUT2D eigenvalue weighted by Crippen LogP contribution is 2.36. The van der Waals surface area contributed by atoms with Gasteiger partial charge in [0.15, 0.2) is 5.78 Å². The van der Waals surface area contributed by atoms with Crippen LogP contribution in [0.25, 0.3) is 5.70 Å². The predicted octanol–water partition coefficient (Wildman–Crippen LogP) is 5.52. The fraction of sp³-hybridized carbons (Fsp3) is 0.526. The van der Waals surface area contributed by atoms with Gasteiger partial charge in [0.25, 0.3) is 0 Å². The minimum Gasteiger partial charge on any atom is -0.379 e. The summed E-state index contributed by atoms with van der Waals surface area (Å²) in [6, 6.07) is 4.04. The maximum absolute atomic E-state index is 12.7. The molecule has 0 spiro atoms. The molecule has 124 valence electrons. The third-order valence-corrected chi connectivity index (χ3v) is 6.03. The van der Waals surface area contributed by atoms with Gasteiger partial charge in [-0.15, -0.1) is 0 Å². The molecule has 0 unspecified atom stereocenters. The average Bonchev–Trinajstić information content (AvgIpc) is 2.49. The number of benzene rings is 1. The minimum atomic E-state index is -0.0805. The molecule has 0 bridgehead atoms. The Morgan fingerprint density at radius 2 is 2.00 bits per heavy atom. The van der Waals surface area contributed by atoms with Gasteiger partial charge in [-0.25, -0.2) is 0 Å². The van der Waals surface area contributed by atoms with Crippen LogP contribution in [0.1, 0.15) is 57.1 Å². The molecule has 1 N–H and O–H groups in total. The number of carbonyl (C=O) groups excluding carboxylic acids is 1. The minimum absolute atomic E-state index is 0.0805. The summed E-state index contributed by atoms with van der Waals surface area (Å²) in [5.74, 6) is 0.462. The summed E-state index contributed by atoms with van der Waals surface area (Å²) in [5.41, 5.74) is 3.14. The van der Waals surface area contributed by atoms with E-state index in [1.807, 2.05) is 18.2 Å². The lowest BCUT2D eigenvalue weighted by molar-refractivity contribution is -0.119. The Labute approximate surface area is 151 Å². The third kappa shape index (κ3) is 3.83. The van der Waals surface area contributed by atoms with Crippen molar-refractivity contribution >= 4 is 39.0 Å². The Kier molecular flexibility index (Phi) is 4.89. The maximum Gasteiger partial charge on any atom is 0.160 e. The van der Waals surface area contributed by atoms with E-state index in [9.17, 15) is 4.79 Å². The molecular formula is C19H23BrClNO. The SMILES string of the molecule is CC1(C)Cc2cc(Cl)c(Br)cc2/C(=C/C(=O)C2CCCCC2)N1. The van der Waals surface area contributed by atoms with E-state index in [-0.39, 0.29) is 17.2 Å². The van der Waals surface area contributed by atoms with Crippen LogP contribution in [0.5, 0.6) is 0 Å². The van der Waals surface area contributed by atoms with Gasteiger partial charge in [0.1, 0.15) is 0 Å². The van der Waals surface area contributed by atoms with E-state index >= 15 is 0 Å². The lowest BCUT2D eigenvalue weighted by Crippen LogP contribution is -2.44. The summed E-state index contributed by atoms with van der Waals surface area (Å²) in [5, 5.41) is 4.26. The molecule has 2 aliphatic rings. The van der Waals surface area contributed by atoms with Crippen LogP contribution in [0.4, 0.5) is 0 Å². The van der Waals surface area contributed by atoms with E-state index in [0.717, 1.165) is 40.0 Å². The lowest BCUT2D eigenvalue weighted by atomic mass is 9.83. The molecule has 1 fully saturated rings. The largest absolute Gasteiger partial charge is 0.379 e. The van der Waals surface area contributed by atoms with Gasteiger partial charge in [0.2, 0.25) is 0 Å². The Hall–Kier alpha value is -0.800. The van der Waals surface area contributed by atoms with Gasteiger partial charge in [-0.2, -0.15) is 0 Å². The Balaban J connectivity index is 1.96. The number of halogens is 2. The molecule has 1 aromatic rings. The van der Waals surface area contributed by atoms with Crippen LogP contribution in [0.3, 0.4) is 0 Å². The fourth-order valence-corrected chi connectivity index (χ4v) is 4.23. The van der Waals surface area contributed by atoms with Crippen LogP contribution < -0.4 is 5.32 Å². The van der Waals surface area contributed by atoms with Gasteiger partial charge in [0.05, 0.1) is 5.02 Å². The predicted molar refractivity (Wildman–Crippen MR) is 99.6 cm³/mol. The number of rotatable bonds is 2. The molecule has 0 aromatic heterocycles. The zero-order chi connectivity index (χ0) is 16.6. The summed E-state index contributed by atoms with van der Waals surface area (Å²) in [4.78, 5) is 12.7. The highest BCUT2D eigenvalue weighted by molar-refractivity contribution is 9.10. The van der Waals surface area contributed by atoms with E-state index in [0.29, 0.717) is 0 Å². The van der Waals surface area contributed by atoms with Gasteiger partial charge < -0.3 is 5.32 Å². The van der Waals surface area contributed by atoms with Crippen LogP contribution >= 0.6 is 27.5 Å². The van der Waals surface area contributed by atoms with Crippen LogP contribution in [0, 0.1) is 5.92 Å². The van der Waals surface area contributed by atoms with Crippen LogP contribution in [-0.4, -0.2) is 11.3 Å². The first-order valence-corrected chi connectivity index (χ1v) is 9.55. The number of carbonyl (C=O) groups is 1. The molecule has 4 heteroatoms. The van der Waals surface area contributed by atoms with Gasteiger partial charge in [-0.3, -0.25) is 4.79 Å². The summed E-state index contributed by atoms with van der Waals surface area (Å²) in [6.07, 6.45) is 8.40. The number of hydrogen-bond donors (Lipinski definition) is 1. The topological polar surface area (TPSA) is 29.1 Å². The zero-order valence-electron chi connectivity index (χ0n) is 13.7. The van der Waals surface area contributed by atoms with E-state index in [1.54, 1.807) is 0 Å². The van der Waals surface area contributed by atoms with Crippen LogP contribution in [-0.2, 0) is 11.2 Å². The first-order valence-electron chi connectivity index (χ1n) is 8.38. The van der Waals surface area contributed by atoms with Crippen LogP contribution in [0.15, 0.2) is 22.7 Å². The number of hydrogen-bond acceptors (Lipinski definition) is 2. The monoisotopic (exact) mass is 395 g/mol. The van der Waals surface area contributed by atoms with Crippen molar-refractivity contribution in [3.8, 4) is 0 Å². The van der Waals surface area contributed by atoms with Gasteiger partial charge >= 0.3 is 0 Å². The molecule has 23 heavy (non-hydrogen) atoms. The number of ketones is 1. The first-order chi connectivity index (χ1) is 10.9. The number of nitrogens with one attached hydrogen (secondary N) is 1. The molecule has 1 aliphatic heterocycles. The molecule has 0 saturated heterocycles. The average molecular weight is 397 g/mol. The Morgan fingerprint density at radius 1 is 1.30 bits per heavy atom. The summed E-state index contributed by atoms with van der Waals surface area (Å²) >= 11 is 9.76. The number of allylic oxidation sites excluding steroid dienone is 1. The molecule has 1 saturated carbocycles. The zero-order valence-corrected chi connectivity index (χ0v) is 16.1. The van der Waals surface area contributed by atoms with Crippen molar-refractivity contribution in [2.24, 2.45) is 5.92 Å². The second kappa shape index (κ2) is 6.60. The highest BCUT2D eigenvalue weighted by atomic mass is 79.9. The van der Waals surface area contributed by atoms with Crippen molar-refractivity contribution in [2.45, 2.75) is 57.9 Å². The fourth-order valence-electron chi connectivity index (χ4n) is 3.70. The van der Waals surface area contributed by atoms with Gasteiger partial charge in [-0.05, 0) is 66.7 Å². The van der Waals surface area contributed by atoms with E-state index in [2.05, 4.69) is 35.1 Å². The molecule has 2 nitrogen and oxygen atoms in total. The number of fused-ring (bicyclic) bond motifs is 1. The van der Waals surface area contributed by atoms with Crippen molar-refractivity contribution in [2.75, 3.05) is 0 Å². The molecule has 0 radical (unpaired) electrons. The van der Waals surface area contributed by atoms with Crippen molar-refractivity contribution in [1.29, 1.82) is 0 Å². The van der Waals surface area contributed by atoms with Crippen LogP contribution in [0.2, 0.25) is 5.02 Å². The van der Waals surface area contributed by atoms with Crippen molar-refractivity contribution < 1.29 is 4.79 Å². The molecule has 3 rings (SSSR count). The van der Waals surface area contributed by atoms with Crippen molar-refractivity contribution in [3.63, 3.8) is 0 Å². The van der Waals surface area contributed by atoms with Crippen molar-refractivity contribution in [1.82, 2.24) is 5.32 Å². The molecule has 1 aliphatic carbocycles. The Bertz CT molecular complexity index is 660. The van der Waals surface area contributed by atoms with E-state index in [1.165, 1.54) is 24.8 Å². The maximum atomic E-state index is 12.7. The molecular weight excluding hydrogens is 374 g/mol. The highest BCUT2D eigenvalue weighted by Gasteiger charge is 2.29. The molecule has 1 aromatic carbocycles. The molecule has 1 heterocycles. The second-order valence-electron chi connectivity index (χ2n) is 7.40. The summed E-state index contributed by atoms with van der Waals surface area (Å²) < 4.78 is 0.871. The van der Waals surface area contributed by atoms with Crippen molar-refractivity contribution in [3.05, 3.63) is 38.8 Å². The molecule has 0 atom stereocenters. The lowest BCUT2D eigenvalue weighted by Gasteiger charge is -2.36. The van der Waals surface area contributed by atoms with Gasteiger partial charge in [0, 0.05) is 33.3 Å². The third-order valence-electron chi connectivity index (χ3n) is 4.84. The normalized spacial score (nSPS) is 22.5. The summed E-state index contributed by atoms with van der Waals surface area (Å²) in [6.45, 7) is 4.32. The summed E-state index contributed by atoms with van der Waals surface area (Å²) in [7, 11) is 0.